The molecule has 0 aliphatic carbocycles. The minimum absolute atomic E-state index is 0.105. The lowest BCUT2D eigenvalue weighted by molar-refractivity contribution is -0.107. The molecule has 4 heterocycles. The number of pyridine rings is 1. The zero-order valence-corrected chi connectivity index (χ0v) is 23.1. The maximum atomic E-state index is 11.2. The number of likely N-dealkylation sites (N-methyl/N-ethyl adjacent to an activating group) is 2. The van der Waals surface area contributed by atoms with Crippen LogP contribution in [0.2, 0.25) is 5.02 Å². The lowest BCUT2D eigenvalue weighted by Crippen LogP contribution is -2.48. The minimum Gasteiger partial charge on any atom is -0.448 e. The van der Waals surface area contributed by atoms with E-state index >= 15 is 0 Å². The SMILES string of the molecule is CC1(C)CN(C=O)c2cc(Oc3ccccc3Cl)ncc21.CCN1CCNC(C)C1.CN1CCOC1=O. The van der Waals surface area contributed by atoms with E-state index in [1.165, 1.54) is 19.6 Å². The maximum absolute atomic E-state index is 11.2. The second-order valence-electron chi connectivity index (χ2n) is 9.97. The number of carbonyl (C=O) groups is 2. The molecule has 1 unspecified atom stereocenters. The third kappa shape index (κ3) is 7.80. The average molecular weight is 532 g/mol. The number of nitrogens with zero attached hydrogens (tertiary/aromatic N) is 4. The minimum atomic E-state index is -0.208. The molecule has 2 fully saturated rings. The van der Waals surface area contributed by atoms with Crippen LogP contribution in [0.15, 0.2) is 36.5 Å². The number of carbonyl (C=O) groups excluding carboxylic acids is 2. The van der Waals surface area contributed by atoms with Gasteiger partial charge >= 0.3 is 6.09 Å². The number of cyclic esters (lactones) is 1. The first kappa shape index (κ1) is 28.7. The Morgan fingerprint density at radius 3 is 2.59 bits per heavy atom. The molecule has 2 aromatic rings. The van der Waals surface area contributed by atoms with Gasteiger partial charge in [-0.05, 0) is 25.6 Å². The van der Waals surface area contributed by atoms with E-state index in [-0.39, 0.29) is 11.5 Å². The zero-order chi connectivity index (χ0) is 27.0. The first-order chi connectivity index (χ1) is 17.6. The van der Waals surface area contributed by atoms with Gasteiger partial charge in [0.1, 0.15) is 12.4 Å². The predicted octanol–water partition coefficient (Wildman–Crippen LogP) is 4.15. The summed E-state index contributed by atoms with van der Waals surface area (Å²) in [6.45, 7) is 15.4. The van der Waals surface area contributed by atoms with E-state index in [1.807, 2.05) is 12.1 Å². The number of fused-ring (bicyclic) bond motifs is 1. The molecular formula is C27H38ClN5O4. The number of para-hydroxylation sites is 1. The van der Waals surface area contributed by atoms with E-state index in [1.54, 1.807) is 41.2 Å². The third-order valence-electron chi connectivity index (χ3n) is 6.50. The van der Waals surface area contributed by atoms with Crippen molar-refractivity contribution in [3.63, 3.8) is 0 Å². The third-order valence-corrected chi connectivity index (χ3v) is 6.82. The lowest BCUT2D eigenvalue weighted by atomic mass is 9.88. The number of hydrogen-bond donors (Lipinski definition) is 1. The number of aromatic nitrogens is 1. The molecule has 0 spiro atoms. The summed E-state index contributed by atoms with van der Waals surface area (Å²) in [6.07, 6.45) is 2.40. The van der Waals surface area contributed by atoms with Crippen LogP contribution in [0.5, 0.6) is 11.6 Å². The molecule has 9 nitrogen and oxygen atoms in total. The molecule has 1 atom stereocenters. The van der Waals surface area contributed by atoms with Crippen LogP contribution in [0, 0.1) is 0 Å². The summed E-state index contributed by atoms with van der Waals surface area (Å²) in [5.41, 5.74) is 1.78. The van der Waals surface area contributed by atoms with Crippen LogP contribution in [0.3, 0.4) is 0 Å². The van der Waals surface area contributed by atoms with Gasteiger partial charge in [-0.25, -0.2) is 9.78 Å². The summed E-state index contributed by atoms with van der Waals surface area (Å²) >= 11 is 6.07. The Labute approximate surface area is 224 Å². The highest BCUT2D eigenvalue weighted by Gasteiger charge is 2.35. The smallest absolute Gasteiger partial charge is 0.409 e. The fraction of sp³-hybridized carbons (Fsp3) is 0.519. The Morgan fingerprint density at radius 1 is 1.30 bits per heavy atom. The summed E-state index contributed by atoms with van der Waals surface area (Å²) in [7, 11) is 1.72. The molecule has 1 N–H and O–H groups in total. The molecule has 2 amide bonds. The molecule has 2 saturated heterocycles. The highest BCUT2D eigenvalue weighted by Crippen LogP contribution is 2.41. The van der Waals surface area contributed by atoms with E-state index in [0.29, 0.717) is 35.8 Å². The summed E-state index contributed by atoms with van der Waals surface area (Å²) in [5.74, 6) is 0.966. The molecule has 1 aromatic carbocycles. The number of anilines is 1. The monoisotopic (exact) mass is 531 g/mol. The lowest BCUT2D eigenvalue weighted by Gasteiger charge is -2.30. The van der Waals surface area contributed by atoms with Gasteiger partial charge < -0.3 is 29.5 Å². The van der Waals surface area contributed by atoms with Crippen molar-refractivity contribution in [3.05, 3.63) is 47.1 Å². The van der Waals surface area contributed by atoms with Gasteiger partial charge in [-0.2, -0.15) is 0 Å². The van der Waals surface area contributed by atoms with Crippen molar-refractivity contribution >= 4 is 29.8 Å². The van der Waals surface area contributed by atoms with E-state index in [0.717, 1.165) is 30.8 Å². The normalized spacial score (nSPS) is 20.2. The molecule has 0 bridgehead atoms. The molecule has 1 aromatic heterocycles. The van der Waals surface area contributed by atoms with Gasteiger partial charge in [0.15, 0.2) is 0 Å². The van der Waals surface area contributed by atoms with Crippen LogP contribution in [0.25, 0.3) is 0 Å². The van der Waals surface area contributed by atoms with Crippen molar-refractivity contribution in [1.29, 1.82) is 0 Å². The van der Waals surface area contributed by atoms with Gasteiger partial charge in [-0.1, -0.05) is 44.5 Å². The average Bonchev–Trinajstić information content (AvgIpc) is 3.38. The Kier molecular flexibility index (Phi) is 10.1. The van der Waals surface area contributed by atoms with Crippen molar-refractivity contribution < 1.29 is 19.1 Å². The topological polar surface area (TPSA) is 87.2 Å². The van der Waals surface area contributed by atoms with Gasteiger partial charge in [-0.3, -0.25) is 4.79 Å². The van der Waals surface area contributed by atoms with Crippen molar-refractivity contribution in [2.45, 2.75) is 39.2 Å². The molecule has 5 rings (SSSR count). The first-order valence-corrected chi connectivity index (χ1v) is 13.0. The number of hydrogen-bond acceptors (Lipinski definition) is 7. The summed E-state index contributed by atoms with van der Waals surface area (Å²) in [4.78, 5) is 31.5. The van der Waals surface area contributed by atoms with Gasteiger partial charge in [0.2, 0.25) is 12.3 Å². The second-order valence-corrected chi connectivity index (χ2v) is 10.4. The molecule has 0 radical (unpaired) electrons. The van der Waals surface area contributed by atoms with E-state index in [4.69, 9.17) is 16.3 Å². The summed E-state index contributed by atoms with van der Waals surface area (Å²) in [5, 5.41) is 3.93. The molecule has 3 aliphatic heterocycles. The first-order valence-electron chi connectivity index (χ1n) is 12.6. The van der Waals surface area contributed by atoms with Gasteiger partial charge in [-0.15, -0.1) is 0 Å². The van der Waals surface area contributed by atoms with E-state index in [9.17, 15) is 9.59 Å². The van der Waals surface area contributed by atoms with E-state index in [2.05, 4.69) is 47.6 Å². The second kappa shape index (κ2) is 13.1. The number of rotatable bonds is 4. The van der Waals surface area contributed by atoms with Crippen molar-refractivity contribution in [1.82, 2.24) is 20.1 Å². The fourth-order valence-corrected chi connectivity index (χ4v) is 4.52. The molecule has 10 heteroatoms. The predicted molar refractivity (Wildman–Crippen MR) is 146 cm³/mol. The molecule has 3 aliphatic rings. The Hall–Kier alpha value is -2.88. The number of amides is 2. The van der Waals surface area contributed by atoms with Crippen molar-refractivity contribution in [2.75, 3.05) is 57.8 Å². The van der Waals surface area contributed by atoms with Crippen LogP contribution in [0.4, 0.5) is 10.5 Å². The Bertz CT molecular complexity index is 1070. The molecule has 202 valence electrons. The molecular weight excluding hydrogens is 494 g/mol. The fourth-order valence-electron chi connectivity index (χ4n) is 4.34. The largest absolute Gasteiger partial charge is 0.448 e. The standard InChI is InChI=1S/C16H15ClN2O2.C7H16N2.C4H7NO2/c1-16(2)9-19(10-20)13-7-15(18-8-11(13)16)21-14-6-4-3-5-12(14)17;1-3-9-5-4-8-7(2)6-9;1-5-2-3-7-4(5)6/h3-8,10H,9H2,1-2H3;7-8H,3-6H2,1-2H3;2-3H2,1H3. The van der Waals surface area contributed by atoms with Crippen LogP contribution < -0.4 is 15.0 Å². The Balaban J connectivity index is 0.000000194. The molecule has 37 heavy (non-hydrogen) atoms. The molecule has 0 saturated carbocycles. The van der Waals surface area contributed by atoms with Crippen LogP contribution in [-0.2, 0) is 14.9 Å². The number of nitrogens with one attached hydrogen (secondary N) is 1. The number of ether oxygens (including phenoxy) is 2. The Morgan fingerprint density at radius 2 is 2.05 bits per heavy atom. The van der Waals surface area contributed by atoms with Gasteiger partial charge in [0.05, 0.1) is 17.3 Å². The van der Waals surface area contributed by atoms with Crippen LogP contribution in [-0.4, -0.2) is 86.3 Å². The van der Waals surface area contributed by atoms with Crippen LogP contribution in [0.1, 0.15) is 33.3 Å². The van der Waals surface area contributed by atoms with Crippen molar-refractivity contribution in [3.8, 4) is 11.6 Å². The van der Waals surface area contributed by atoms with Crippen LogP contribution >= 0.6 is 11.6 Å². The quantitative estimate of drug-likeness (QED) is 0.593. The number of piperazine rings is 1. The summed E-state index contributed by atoms with van der Waals surface area (Å²) in [6, 6.07) is 9.68. The number of halogens is 1. The number of benzene rings is 1. The highest BCUT2D eigenvalue weighted by molar-refractivity contribution is 6.32. The van der Waals surface area contributed by atoms with Crippen molar-refractivity contribution in [2.24, 2.45) is 0 Å². The van der Waals surface area contributed by atoms with Gasteiger partial charge in [0.25, 0.3) is 0 Å². The zero-order valence-electron chi connectivity index (χ0n) is 22.4. The summed E-state index contributed by atoms with van der Waals surface area (Å²) < 4.78 is 10.3. The highest BCUT2D eigenvalue weighted by atomic mass is 35.5. The van der Waals surface area contributed by atoms with E-state index < -0.39 is 0 Å². The van der Waals surface area contributed by atoms with Gasteiger partial charge in [0, 0.05) is 62.5 Å². The maximum Gasteiger partial charge on any atom is 0.409 e.